The van der Waals surface area contributed by atoms with E-state index in [1.165, 1.54) is 0 Å². The minimum Gasteiger partial charge on any atom is -0.486 e. The summed E-state index contributed by atoms with van der Waals surface area (Å²) in [5.74, 6) is 0.222. The third-order valence-corrected chi connectivity index (χ3v) is 4.55. The Hall–Kier alpha value is -3.00. The quantitative estimate of drug-likeness (QED) is 0.651. The summed E-state index contributed by atoms with van der Waals surface area (Å²) in [6, 6.07) is 7.32. The summed E-state index contributed by atoms with van der Waals surface area (Å²) < 4.78 is 16.4. The molecule has 0 saturated heterocycles. The topological polar surface area (TPSA) is 110 Å². The van der Waals surface area contributed by atoms with E-state index < -0.39 is 24.6 Å². The number of esters is 1. The molecule has 2 heterocycles. The maximum atomic E-state index is 12.2. The van der Waals surface area contributed by atoms with Crippen molar-refractivity contribution in [3.8, 4) is 11.5 Å². The van der Waals surface area contributed by atoms with Gasteiger partial charge in [0.15, 0.2) is 18.1 Å². The summed E-state index contributed by atoms with van der Waals surface area (Å²) in [5.41, 5.74) is 2.20. The van der Waals surface area contributed by atoms with Crippen LogP contribution in [0.5, 0.6) is 11.5 Å². The highest BCUT2D eigenvalue weighted by molar-refractivity contribution is 5.91. The van der Waals surface area contributed by atoms with Crippen LogP contribution in [-0.2, 0) is 9.53 Å². The average molecular weight is 388 g/mol. The van der Waals surface area contributed by atoms with Crippen molar-refractivity contribution in [2.75, 3.05) is 19.8 Å². The van der Waals surface area contributed by atoms with Gasteiger partial charge in [0.25, 0.3) is 5.91 Å². The van der Waals surface area contributed by atoms with Gasteiger partial charge in [0.2, 0.25) is 0 Å². The lowest BCUT2D eigenvalue weighted by Crippen LogP contribution is -2.42. The molecule has 0 saturated carbocycles. The normalized spacial score (nSPS) is 16.4. The van der Waals surface area contributed by atoms with E-state index in [4.69, 9.17) is 14.2 Å². The number of fused-ring (bicyclic) bond motifs is 1. The zero-order valence-electron chi connectivity index (χ0n) is 16.1. The van der Waals surface area contributed by atoms with Crippen molar-refractivity contribution in [3.05, 3.63) is 46.8 Å². The number of aliphatic hydroxyl groups is 1. The summed E-state index contributed by atoms with van der Waals surface area (Å²) in [4.78, 5) is 27.1. The lowest BCUT2D eigenvalue weighted by molar-refractivity contribution is -0.124. The van der Waals surface area contributed by atoms with E-state index in [0.717, 1.165) is 0 Å². The van der Waals surface area contributed by atoms with Crippen LogP contribution in [0.15, 0.2) is 24.3 Å². The minimum atomic E-state index is -0.705. The number of carbonyl (C=O) groups is 2. The zero-order chi connectivity index (χ0) is 20.3. The lowest BCUT2D eigenvalue weighted by Gasteiger charge is -2.26. The molecule has 0 unspecified atom stereocenters. The fourth-order valence-electron chi connectivity index (χ4n) is 3.24. The Kier molecular flexibility index (Phi) is 5.89. The van der Waals surface area contributed by atoms with Gasteiger partial charge in [-0.2, -0.15) is 0 Å². The first-order valence-electron chi connectivity index (χ1n) is 9.06. The number of amides is 1. The first-order valence-corrected chi connectivity index (χ1v) is 9.06. The number of nitrogens with one attached hydrogen (secondary N) is 2. The summed E-state index contributed by atoms with van der Waals surface area (Å²) in [7, 11) is 0. The second kappa shape index (κ2) is 8.35. The van der Waals surface area contributed by atoms with Crippen molar-refractivity contribution in [2.24, 2.45) is 0 Å². The SMILES string of the molecule is Cc1[nH]c(C(=O)OCC(=O)NC[C@H]2COc3ccccc3O2)c(C)c1[C@@H](C)O. The number of aliphatic hydroxyl groups excluding tert-OH is 1. The van der Waals surface area contributed by atoms with Crippen LogP contribution in [0.25, 0.3) is 0 Å². The predicted molar refractivity (Wildman–Crippen MR) is 101 cm³/mol. The van der Waals surface area contributed by atoms with E-state index >= 15 is 0 Å². The van der Waals surface area contributed by atoms with Crippen molar-refractivity contribution >= 4 is 11.9 Å². The molecule has 150 valence electrons. The van der Waals surface area contributed by atoms with Crippen LogP contribution in [0.2, 0.25) is 0 Å². The number of aromatic amines is 1. The van der Waals surface area contributed by atoms with E-state index in [2.05, 4.69) is 10.3 Å². The molecule has 1 aliphatic heterocycles. The molecule has 28 heavy (non-hydrogen) atoms. The maximum Gasteiger partial charge on any atom is 0.355 e. The number of H-pyrrole nitrogens is 1. The summed E-state index contributed by atoms with van der Waals surface area (Å²) in [6.45, 7) is 5.26. The highest BCUT2D eigenvalue weighted by Gasteiger charge is 2.23. The number of benzene rings is 1. The molecule has 3 rings (SSSR count). The van der Waals surface area contributed by atoms with Crippen LogP contribution in [0.3, 0.4) is 0 Å². The van der Waals surface area contributed by atoms with Crippen molar-refractivity contribution in [1.82, 2.24) is 10.3 Å². The predicted octanol–water partition coefficient (Wildman–Crippen LogP) is 1.80. The Balaban J connectivity index is 1.47. The molecule has 0 bridgehead atoms. The molecule has 1 aromatic carbocycles. The molecular weight excluding hydrogens is 364 g/mol. The smallest absolute Gasteiger partial charge is 0.355 e. The average Bonchev–Trinajstić information content (AvgIpc) is 2.98. The highest BCUT2D eigenvalue weighted by Crippen LogP contribution is 2.30. The van der Waals surface area contributed by atoms with Gasteiger partial charge < -0.3 is 29.6 Å². The summed E-state index contributed by atoms with van der Waals surface area (Å²) >= 11 is 0. The Morgan fingerprint density at radius 3 is 2.71 bits per heavy atom. The molecular formula is C20H24N2O6. The molecule has 2 atom stereocenters. The van der Waals surface area contributed by atoms with Crippen LogP contribution in [0, 0.1) is 13.8 Å². The molecule has 0 radical (unpaired) electrons. The molecule has 8 heteroatoms. The summed E-state index contributed by atoms with van der Waals surface area (Å²) in [5, 5.41) is 12.5. The molecule has 1 aromatic heterocycles. The molecule has 3 N–H and O–H groups in total. The van der Waals surface area contributed by atoms with E-state index in [-0.39, 0.29) is 18.3 Å². The van der Waals surface area contributed by atoms with E-state index in [9.17, 15) is 14.7 Å². The van der Waals surface area contributed by atoms with Crippen molar-refractivity contribution in [1.29, 1.82) is 0 Å². The van der Waals surface area contributed by atoms with Crippen LogP contribution >= 0.6 is 0 Å². The number of hydrogen-bond acceptors (Lipinski definition) is 6. The maximum absolute atomic E-state index is 12.2. The van der Waals surface area contributed by atoms with Crippen molar-refractivity contribution < 1.29 is 28.9 Å². The van der Waals surface area contributed by atoms with Crippen molar-refractivity contribution in [2.45, 2.75) is 33.0 Å². The van der Waals surface area contributed by atoms with Gasteiger partial charge in [-0.15, -0.1) is 0 Å². The minimum absolute atomic E-state index is 0.234. The molecule has 0 aliphatic carbocycles. The van der Waals surface area contributed by atoms with Gasteiger partial charge in [-0.1, -0.05) is 12.1 Å². The molecule has 0 spiro atoms. The summed E-state index contributed by atoms with van der Waals surface area (Å²) in [6.07, 6.45) is -1.03. The third kappa shape index (κ3) is 4.28. The van der Waals surface area contributed by atoms with Crippen LogP contribution < -0.4 is 14.8 Å². The van der Waals surface area contributed by atoms with Gasteiger partial charge in [-0.3, -0.25) is 4.79 Å². The first-order chi connectivity index (χ1) is 13.4. The zero-order valence-corrected chi connectivity index (χ0v) is 16.1. The monoisotopic (exact) mass is 388 g/mol. The van der Waals surface area contributed by atoms with E-state index in [1.54, 1.807) is 26.8 Å². The fourth-order valence-corrected chi connectivity index (χ4v) is 3.24. The number of aromatic nitrogens is 1. The third-order valence-electron chi connectivity index (χ3n) is 4.55. The van der Waals surface area contributed by atoms with Crippen LogP contribution in [0.1, 0.15) is 40.3 Å². The van der Waals surface area contributed by atoms with E-state index in [1.807, 2.05) is 18.2 Å². The first kappa shape index (κ1) is 19.8. The number of aryl methyl sites for hydroxylation is 1. The van der Waals surface area contributed by atoms with Crippen molar-refractivity contribution in [3.63, 3.8) is 0 Å². The van der Waals surface area contributed by atoms with Crippen LogP contribution in [-0.4, -0.2) is 47.8 Å². The fraction of sp³-hybridized carbons (Fsp3) is 0.400. The number of ether oxygens (including phenoxy) is 3. The molecule has 0 fully saturated rings. The van der Waals surface area contributed by atoms with Gasteiger partial charge in [0, 0.05) is 11.3 Å². The molecule has 2 aromatic rings. The van der Waals surface area contributed by atoms with Gasteiger partial charge in [-0.05, 0) is 38.5 Å². The van der Waals surface area contributed by atoms with Gasteiger partial charge in [0.1, 0.15) is 18.4 Å². The Morgan fingerprint density at radius 1 is 1.32 bits per heavy atom. The Bertz CT molecular complexity index is 874. The molecule has 1 aliphatic rings. The molecule has 8 nitrogen and oxygen atoms in total. The number of carbonyl (C=O) groups excluding carboxylic acids is 2. The Morgan fingerprint density at radius 2 is 2.04 bits per heavy atom. The largest absolute Gasteiger partial charge is 0.486 e. The molecule has 1 amide bonds. The number of hydrogen-bond donors (Lipinski definition) is 3. The van der Waals surface area contributed by atoms with Crippen LogP contribution in [0.4, 0.5) is 0 Å². The second-order valence-corrected chi connectivity index (χ2v) is 6.72. The standard InChI is InChI=1S/C20H24N2O6/c1-11-18(13(3)23)12(2)22-19(11)20(25)27-10-17(24)21-8-14-9-26-15-6-4-5-7-16(15)28-14/h4-7,13-14,22-23H,8-10H2,1-3H3,(H,21,24)/t13-,14+/m1/s1. The Labute approximate surface area is 162 Å². The number of para-hydroxylation sites is 2. The highest BCUT2D eigenvalue weighted by atomic mass is 16.6. The lowest BCUT2D eigenvalue weighted by atomic mass is 10.1. The van der Waals surface area contributed by atoms with Gasteiger partial charge in [0.05, 0.1) is 12.6 Å². The van der Waals surface area contributed by atoms with E-state index in [0.29, 0.717) is 34.9 Å². The van der Waals surface area contributed by atoms with Gasteiger partial charge in [-0.25, -0.2) is 4.79 Å². The number of rotatable bonds is 6. The van der Waals surface area contributed by atoms with Gasteiger partial charge >= 0.3 is 5.97 Å². The second-order valence-electron chi connectivity index (χ2n) is 6.72.